The van der Waals surface area contributed by atoms with Crippen molar-refractivity contribution in [2.45, 2.75) is 20.5 Å². The Morgan fingerprint density at radius 3 is 2.48 bits per heavy atom. The second-order valence-electron chi connectivity index (χ2n) is 4.86. The minimum absolute atomic E-state index is 0.432. The van der Waals surface area contributed by atoms with E-state index in [1.165, 1.54) is 0 Å². The van der Waals surface area contributed by atoms with Crippen molar-refractivity contribution in [3.8, 4) is 11.5 Å². The molecule has 0 fully saturated rings. The second kappa shape index (κ2) is 6.79. The first-order valence-electron chi connectivity index (χ1n) is 6.75. The first kappa shape index (κ1) is 14.9. The van der Waals surface area contributed by atoms with Gasteiger partial charge in [-0.05, 0) is 48.7 Å². The van der Waals surface area contributed by atoms with Crippen molar-refractivity contribution in [2.24, 2.45) is 10.9 Å². The summed E-state index contributed by atoms with van der Waals surface area (Å²) in [5.41, 5.74) is 4.11. The molecule has 0 atom stereocenters. The number of benzene rings is 2. The van der Waals surface area contributed by atoms with Crippen LogP contribution in [0.25, 0.3) is 0 Å². The molecule has 2 aromatic carbocycles. The molecule has 4 nitrogen and oxygen atoms in total. The van der Waals surface area contributed by atoms with Crippen molar-refractivity contribution in [1.82, 2.24) is 0 Å². The molecule has 0 saturated heterocycles. The number of hydrogen-bond donors (Lipinski definition) is 1. The Kier molecular flexibility index (Phi) is 4.82. The van der Waals surface area contributed by atoms with Gasteiger partial charge in [0.1, 0.15) is 18.1 Å². The first-order chi connectivity index (χ1) is 10.2. The van der Waals surface area contributed by atoms with Gasteiger partial charge >= 0.3 is 0 Å². The number of ether oxygens (including phenoxy) is 2. The maximum Gasteiger partial charge on any atom is 0.125 e. The topological polar surface area (TPSA) is 56.8 Å². The normalized spacial score (nSPS) is 10.8. The lowest BCUT2D eigenvalue weighted by molar-refractivity contribution is 0.293. The molecule has 4 heteroatoms. The third-order valence-corrected chi connectivity index (χ3v) is 3.31. The maximum absolute atomic E-state index is 5.97. The van der Waals surface area contributed by atoms with Crippen LogP contribution in [0.3, 0.4) is 0 Å². The van der Waals surface area contributed by atoms with E-state index in [2.05, 4.69) is 5.10 Å². The maximum atomic E-state index is 5.97. The molecule has 0 heterocycles. The van der Waals surface area contributed by atoms with E-state index in [1.54, 1.807) is 13.3 Å². The van der Waals surface area contributed by atoms with Crippen molar-refractivity contribution in [2.75, 3.05) is 7.11 Å². The predicted octanol–water partition coefficient (Wildman–Crippen LogP) is 3.18. The average Bonchev–Trinajstić information content (AvgIpc) is 2.47. The summed E-state index contributed by atoms with van der Waals surface area (Å²) in [6.45, 7) is 4.51. The monoisotopic (exact) mass is 284 g/mol. The Labute approximate surface area is 125 Å². The molecule has 21 heavy (non-hydrogen) atoms. The molecule has 0 amide bonds. The predicted molar refractivity (Wildman–Crippen MR) is 85.0 cm³/mol. The van der Waals surface area contributed by atoms with E-state index in [-0.39, 0.29) is 0 Å². The van der Waals surface area contributed by atoms with Gasteiger partial charge in [-0.25, -0.2) is 0 Å². The van der Waals surface area contributed by atoms with Crippen LogP contribution < -0.4 is 15.3 Å². The standard InChI is InChI=1S/C17H20N2O2/c1-12-5-4-6-13(2)17(12)21-11-15-9-14(10-19-18)7-8-16(15)20-3/h4-10H,11,18H2,1-3H3. The van der Waals surface area contributed by atoms with E-state index >= 15 is 0 Å². The molecule has 0 radical (unpaired) electrons. The molecule has 0 aromatic heterocycles. The molecule has 0 spiro atoms. The summed E-state index contributed by atoms with van der Waals surface area (Å²) in [4.78, 5) is 0. The summed E-state index contributed by atoms with van der Waals surface area (Å²) in [5.74, 6) is 6.89. The van der Waals surface area contributed by atoms with Crippen molar-refractivity contribution in [1.29, 1.82) is 0 Å². The molecule has 0 aliphatic rings. The molecular formula is C17H20N2O2. The fraction of sp³-hybridized carbons (Fsp3) is 0.235. The largest absolute Gasteiger partial charge is 0.496 e. The highest BCUT2D eigenvalue weighted by Gasteiger charge is 2.08. The number of para-hydroxylation sites is 1. The molecule has 110 valence electrons. The van der Waals surface area contributed by atoms with Crippen LogP contribution in [-0.2, 0) is 6.61 Å². The number of methoxy groups -OCH3 is 1. The van der Waals surface area contributed by atoms with Crippen molar-refractivity contribution < 1.29 is 9.47 Å². The van der Waals surface area contributed by atoms with Gasteiger partial charge in [-0.2, -0.15) is 5.10 Å². The summed E-state index contributed by atoms with van der Waals surface area (Å²) < 4.78 is 11.3. The van der Waals surface area contributed by atoms with Crippen LogP contribution in [0.1, 0.15) is 22.3 Å². The number of nitrogens with zero attached hydrogens (tertiary/aromatic N) is 1. The third kappa shape index (κ3) is 3.54. The van der Waals surface area contributed by atoms with Crippen LogP contribution in [-0.4, -0.2) is 13.3 Å². The fourth-order valence-electron chi connectivity index (χ4n) is 2.25. The van der Waals surface area contributed by atoms with Crippen LogP contribution in [0.2, 0.25) is 0 Å². The number of hydrogen-bond acceptors (Lipinski definition) is 4. The zero-order valence-corrected chi connectivity index (χ0v) is 12.6. The summed E-state index contributed by atoms with van der Waals surface area (Å²) in [6.07, 6.45) is 1.60. The van der Waals surface area contributed by atoms with Crippen molar-refractivity contribution in [3.63, 3.8) is 0 Å². The SMILES string of the molecule is COc1ccc(C=NN)cc1COc1c(C)cccc1C. The quantitative estimate of drug-likeness (QED) is 0.521. The number of hydrazone groups is 1. The summed E-state index contributed by atoms with van der Waals surface area (Å²) in [5, 5.41) is 3.54. The molecule has 0 unspecified atom stereocenters. The van der Waals surface area contributed by atoms with Crippen LogP contribution in [0, 0.1) is 13.8 Å². The average molecular weight is 284 g/mol. The van der Waals surface area contributed by atoms with Crippen LogP contribution in [0.5, 0.6) is 11.5 Å². The number of nitrogens with two attached hydrogens (primary N) is 1. The zero-order valence-electron chi connectivity index (χ0n) is 12.6. The smallest absolute Gasteiger partial charge is 0.125 e. The molecule has 2 N–H and O–H groups in total. The molecule has 2 rings (SSSR count). The first-order valence-corrected chi connectivity index (χ1v) is 6.75. The summed E-state index contributed by atoms with van der Waals surface area (Å²) in [6, 6.07) is 11.9. The van der Waals surface area contributed by atoms with E-state index < -0.39 is 0 Å². The molecule has 0 aliphatic carbocycles. The minimum atomic E-state index is 0.432. The van der Waals surface area contributed by atoms with Gasteiger partial charge in [0.2, 0.25) is 0 Å². The Bertz CT molecular complexity index is 631. The molecule has 0 bridgehead atoms. The van der Waals surface area contributed by atoms with Gasteiger partial charge in [-0.1, -0.05) is 18.2 Å². The van der Waals surface area contributed by atoms with Gasteiger partial charge in [0.25, 0.3) is 0 Å². The van der Waals surface area contributed by atoms with E-state index in [4.69, 9.17) is 15.3 Å². The van der Waals surface area contributed by atoms with Crippen molar-refractivity contribution in [3.05, 3.63) is 58.7 Å². The van der Waals surface area contributed by atoms with Gasteiger partial charge < -0.3 is 15.3 Å². The highest BCUT2D eigenvalue weighted by atomic mass is 16.5. The Hall–Kier alpha value is -2.49. The Morgan fingerprint density at radius 1 is 1.14 bits per heavy atom. The number of aryl methyl sites for hydroxylation is 2. The fourth-order valence-corrected chi connectivity index (χ4v) is 2.25. The van der Waals surface area contributed by atoms with Gasteiger partial charge in [0, 0.05) is 5.56 Å². The number of rotatable bonds is 5. The highest BCUT2D eigenvalue weighted by molar-refractivity contribution is 5.80. The molecule has 0 saturated carbocycles. The summed E-state index contributed by atoms with van der Waals surface area (Å²) >= 11 is 0. The zero-order chi connectivity index (χ0) is 15.2. The van der Waals surface area contributed by atoms with Gasteiger partial charge in [-0.3, -0.25) is 0 Å². The molecular weight excluding hydrogens is 264 g/mol. The van der Waals surface area contributed by atoms with Gasteiger partial charge in [-0.15, -0.1) is 0 Å². The van der Waals surface area contributed by atoms with Crippen molar-refractivity contribution >= 4 is 6.21 Å². The van der Waals surface area contributed by atoms with Gasteiger partial charge in [0.05, 0.1) is 13.3 Å². The lowest BCUT2D eigenvalue weighted by Crippen LogP contribution is -2.02. The van der Waals surface area contributed by atoms with E-state index in [0.717, 1.165) is 33.8 Å². The minimum Gasteiger partial charge on any atom is -0.496 e. The molecule has 2 aromatic rings. The third-order valence-electron chi connectivity index (χ3n) is 3.31. The molecule has 0 aliphatic heterocycles. The van der Waals surface area contributed by atoms with Gasteiger partial charge in [0.15, 0.2) is 0 Å². The van der Waals surface area contributed by atoms with Crippen LogP contribution >= 0.6 is 0 Å². The van der Waals surface area contributed by atoms with Crippen LogP contribution in [0.4, 0.5) is 0 Å². The lowest BCUT2D eigenvalue weighted by Gasteiger charge is -2.14. The second-order valence-corrected chi connectivity index (χ2v) is 4.86. The van der Waals surface area contributed by atoms with E-state index in [1.807, 2.05) is 50.2 Å². The lowest BCUT2D eigenvalue weighted by atomic mass is 10.1. The summed E-state index contributed by atoms with van der Waals surface area (Å²) in [7, 11) is 1.65. The van der Waals surface area contributed by atoms with E-state index in [9.17, 15) is 0 Å². The van der Waals surface area contributed by atoms with E-state index in [0.29, 0.717) is 6.61 Å². The Balaban J connectivity index is 2.24. The Morgan fingerprint density at radius 2 is 1.86 bits per heavy atom. The highest BCUT2D eigenvalue weighted by Crippen LogP contribution is 2.26. The van der Waals surface area contributed by atoms with Crippen LogP contribution in [0.15, 0.2) is 41.5 Å².